The molecule has 1 saturated carbocycles. The second-order valence-corrected chi connectivity index (χ2v) is 4.47. The van der Waals surface area contributed by atoms with Gasteiger partial charge in [-0.3, -0.25) is 10.2 Å². The number of amides is 1. The molecule has 0 aromatic heterocycles. The monoisotopic (exact) mass is 224 g/mol. The second-order valence-electron chi connectivity index (χ2n) is 4.47. The van der Waals surface area contributed by atoms with Gasteiger partial charge in [0.05, 0.1) is 6.34 Å². The van der Waals surface area contributed by atoms with Crippen LogP contribution in [0.5, 0.6) is 0 Å². The third-order valence-electron chi connectivity index (χ3n) is 3.44. The van der Waals surface area contributed by atoms with Gasteiger partial charge in [0.15, 0.2) is 0 Å². The molecule has 0 heterocycles. The van der Waals surface area contributed by atoms with Gasteiger partial charge in [0.2, 0.25) is 5.84 Å². The van der Waals surface area contributed by atoms with Crippen molar-refractivity contribution in [1.82, 2.24) is 5.32 Å². The molecule has 4 N–H and O–H groups in total. The zero-order chi connectivity index (χ0) is 12.1. The Balaban J connectivity index is 2.53. The fraction of sp³-hybridized carbons (Fsp3) is 0.727. The SMILES string of the molecule is CC1CCCC(NC(=O)C(=N)/N=C\N)C1C. The van der Waals surface area contributed by atoms with Crippen molar-refractivity contribution in [3.63, 3.8) is 0 Å². The highest BCUT2D eigenvalue weighted by atomic mass is 16.2. The first-order valence-corrected chi connectivity index (χ1v) is 5.70. The van der Waals surface area contributed by atoms with Crippen LogP contribution in [0.3, 0.4) is 0 Å². The first kappa shape index (κ1) is 12.7. The van der Waals surface area contributed by atoms with E-state index >= 15 is 0 Å². The van der Waals surface area contributed by atoms with E-state index in [0.29, 0.717) is 11.8 Å². The van der Waals surface area contributed by atoms with Gasteiger partial charge in [0.25, 0.3) is 5.91 Å². The number of carbonyl (C=O) groups is 1. The van der Waals surface area contributed by atoms with Crippen molar-refractivity contribution in [2.24, 2.45) is 22.6 Å². The highest BCUT2D eigenvalue weighted by Gasteiger charge is 2.28. The smallest absolute Gasteiger partial charge is 0.288 e. The van der Waals surface area contributed by atoms with Crippen molar-refractivity contribution in [3.05, 3.63) is 0 Å². The van der Waals surface area contributed by atoms with Crippen LogP contribution in [0.4, 0.5) is 0 Å². The summed E-state index contributed by atoms with van der Waals surface area (Å²) in [5.74, 6) is 0.305. The average molecular weight is 224 g/mol. The molecule has 1 fully saturated rings. The van der Waals surface area contributed by atoms with E-state index in [0.717, 1.165) is 19.2 Å². The quantitative estimate of drug-likeness (QED) is 0.456. The lowest BCUT2D eigenvalue weighted by Crippen LogP contribution is -2.45. The molecular weight excluding hydrogens is 204 g/mol. The molecule has 1 amide bonds. The maximum atomic E-state index is 11.5. The van der Waals surface area contributed by atoms with Crippen molar-refractivity contribution >= 4 is 18.1 Å². The van der Waals surface area contributed by atoms with Crippen molar-refractivity contribution in [1.29, 1.82) is 5.41 Å². The number of nitrogens with one attached hydrogen (secondary N) is 2. The van der Waals surface area contributed by atoms with Gasteiger partial charge in [-0.2, -0.15) is 0 Å². The Morgan fingerprint density at radius 3 is 2.81 bits per heavy atom. The minimum Gasteiger partial charge on any atom is -0.390 e. The molecule has 0 spiro atoms. The summed E-state index contributed by atoms with van der Waals surface area (Å²) >= 11 is 0. The van der Waals surface area contributed by atoms with E-state index in [9.17, 15) is 4.79 Å². The summed E-state index contributed by atoms with van der Waals surface area (Å²) in [5.41, 5.74) is 5.04. The lowest BCUT2D eigenvalue weighted by Gasteiger charge is -2.34. The van der Waals surface area contributed by atoms with E-state index in [4.69, 9.17) is 11.1 Å². The number of nitrogens with zero attached hydrogens (tertiary/aromatic N) is 1. The molecule has 1 aliphatic rings. The summed E-state index contributed by atoms with van der Waals surface area (Å²) < 4.78 is 0. The zero-order valence-electron chi connectivity index (χ0n) is 9.86. The predicted octanol–water partition coefficient (Wildman–Crippen LogP) is 0.892. The van der Waals surface area contributed by atoms with Crippen LogP contribution in [-0.4, -0.2) is 24.1 Å². The van der Waals surface area contributed by atoms with Crippen LogP contribution in [0.25, 0.3) is 0 Å². The van der Waals surface area contributed by atoms with E-state index in [1.54, 1.807) is 0 Å². The fourth-order valence-electron chi connectivity index (χ4n) is 2.16. The molecule has 0 aliphatic heterocycles. The molecule has 1 rings (SSSR count). The fourth-order valence-corrected chi connectivity index (χ4v) is 2.16. The first-order chi connectivity index (χ1) is 7.56. The molecule has 16 heavy (non-hydrogen) atoms. The highest BCUT2D eigenvalue weighted by Crippen LogP contribution is 2.29. The van der Waals surface area contributed by atoms with E-state index < -0.39 is 5.91 Å². The molecule has 1 aliphatic carbocycles. The van der Waals surface area contributed by atoms with Crippen LogP contribution < -0.4 is 11.1 Å². The predicted molar refractivity (Wildman–Crippen MR) is 64.5 cm³/mol. The Morgan fingerprint density at radius 1 is 1.50 bits per heavy atom. The Hall–Kier alpha value is -1.39. The number of carbonyl (C=O) groups excluding carboxylic acids is 1. The summed E-state index contributed by atoms with van der Waals surface area (Å²) in [7, 11) is 0. The van der Waals surface area contributed by atoms with Crippen LogP contribution in [0.2, 0.25) is 0 Å². The maximum Gasteiger partial charge on any atom is 0.288 e. The van der Waals surface area contributed by atoms with Gasteiger partial charge in [-0.05, 0) is 18.3 Å². The van der Waals surface area contributed by atoms with Crippen LogP contribution in [-0.2, 0) is 4.79 Å². The van der Waals surface area contributed by atoms with Crippen LogP contribution >= 0.6 is 0 Å². The van der Waals surface area contributed by atoms with Gasteiger partial charge < -0.3 is 11.1 Å². The van der Waals surface area contributed by atoms with E-state index in [1.807, 2.05) is 0 Å². The van der Waals surface area contributed by atoms with Gasteiger partial charge in [-0.15, -0.1) is 0 Å². The molecule has 0 aromatic carbocycles. The number of nitrogens with two attached hydrogens (primary N) is 1. The van der Waals surface area contributed by atoms with E-state index in [1.165, 1.54) is 6.42 Å². The van der Waals surface area contributed by atoms with Gasteiger partial charge >= 0.3 is 0 Å². The Bertz CT molecular complexity index is 300. The van der Waals surface area contributed by atoms with E-state index in [-0.39, 0.29) is 11.9 Å². The third-order valence-corrected chi connectivity index (χ3v) is 3.44. The topological polar surface area (TPSA) is 91.3 Å². The lowest BCUT2D eigenvalue weighted by molar-refractivity contribution is -0.116. The number of rotatable bonds is 1. The van der Waals surface area contributed by atoms with Crippen molar-refractivity contribution in [2.45, 2.75) is 39.2 Å². The van der Waals surface area contributed by atoms with Gasteiger partial charge in [-0.1, -0.05) is 26.7 Å². The molecule has 5 nitrogen and oxygen atoms in total. The van der Waals surface area contributed by atoms with Crippen molar-refractivity contribution in [3.8, 4) is 0 Å². The molecule has 0 saturated heterocycles. The number of amidine groups is 1. The summed E-state index contributed by atoms with van der Waals surface area (Å²) in [6.45, 7) is 4.34. The normalized spacial score (nSPS) is 30.2. The second kappa shape index (κ2) is 5.63. The van der Waals surface area contributed by atoms with Gasteiger partial charge in [-0.25, -0.2) is 4.99 Å². The summed E-state index contributed by atoms with van der Waals surface area (Å²) in [6.07, 6.45) is 4.29. The minimum atomic E-state index is -0.437. The summed E-state index contributed by atoms with van der Waals surface area (Å²) in [6, 6.07) is 0.157. The molecule has 0 bridgehead atoms. The third kappa shape index (κ3) is 3.05. The Morgan fingerprint density at radius 2 is 2.19 bits per heavy atom. The molecule has 3 unspecified atom stereocenters. The minimum absolute atomic E-state index is 0.157. The highest BCUT2D eigenvalue weighted by molar-refractivity contribution is 6.37. The lowest BCUT2D eigenvalue weighted by atomic mass is 9.78. The standard InChI is InChI=1S/C11H20N4O/c1-7-4-3-5-9(8(7)2)15-11(16)10(13)14-6-12/h6-9H,3-5H2,1-2H3,(H,15,16)(H3,12,13,14). The maximum absolute atomic E-state index is 11.5. The van der Waals surface area contributed by atoms with Crippen LogP contribution in [0, 0.1) is 17.2 Å². The first-order valence-electron chi connectivity index (χ1n) is 5.70. The van der Waals surface area contributed by atoms with Crippen molar-refractivity contribution < 1.29 is 4.79 Å². The number of hydrogen-bond acceptors (Lipinski definition) is 2. The molecule has 90 valence electrons. The zero-order valence-corrected chi connectivity index (χ0v) is 9.86. The molecule has 0 aromatic rings. The molecular formula is C11H20N4O. The van der Waals surface area contributed by atoms with Crippen LogP contribution in [0.15, 0.2) is 4.99 Å². The number of hydrogen-bond donors (Lipinski definition) is 3. The molecule has 5 heteroatoms. The Kier molecular flexibility index (Phi) is 4.46. The Labute approximate surface area is 96.0 Å². The largest absolute Gasteiger partial charge is 0.390 e. The summed E-state index contributed by atoms with van der Waals surface area (Å²) in [4.78, 5) is 15.0. The van der Waals surface area contributed by atoms with Crippen LogP contribution in [0.1, 0.15) is 33.1 Å². The molecule has 0 radical (unpaired) electrons. The molecule has 3 atom stereocenters. The summed E-state index contributed by atoms with van der Waals surface area (Å²) in [5, 5.41) is 10.2. The average Bonchev–Trinajstić information content (AvgIpc) is 2.25. The van der Waals surface area contributed by atoms with Gasteiger partial charge in [0.1, 0.15) is 0 Å². The van der Waals surface area contributed by atoms with E-state index in [2.05, 4.69) is 24.2 Å². The van der Waals surface area contributed by atoms with Gasteiger partial charge in [0, 0.05) is 6.04 Å². The number of aliphatic imine (C=N–C) groups is 1. The van der Waals surface area contributed by atoms with Crippen molar-refractivity contribution in [2.75, 3.05) is 0 Å².